The zero-order chi connectivity index (χ0) is 20.1. The number of nitrogens with zero attached hydrogens (tertiary/aromatic N) is 2. The molecule has 0 bridgehead atoms. The van der Waals surface area contributed by atoms with E-state index in [1.54, 1.807) is 7.11 Å². The lowest BCUT2D eigenvalue weighted by Crippen LogP contribution is -2.05. The van der Waals surface area contributed by atoms with Gasteiger partial charge in [-0.3, -0.25) is 4.79 Å². The average molecular weight is 381 g/mol. The summed E-state index contributed by atoms with van der Waals surface area (Å²) in [4.78, 5) is 22.8. The van der Waals surface area contributed by atoms with Gasteiger partial charge in [0, 0.05) is 28.4 Å². The number of benzene rings is 2. The summed E-state index contributed by atoms with van der Waals surface area (Å²) in [5.41, 5.74) is 6.83. The number of pyridine rings is 2. The number of aryl methyl sites for hydroxylation is 2. The van der Waals surface area contributed by atoms with Crippen molar-refractivity contribution in [1.29, 1.82) is 0 Å². The molecule has 5 nitrogen and oxygen atoms in total. The molecule has 142 valence electrons. The number of nitrogens with one attached hydrogen (secondary N) is 1. The van der Waals surface area contributed by atoms with Crippen LogP contribution in [0.1, 0.15) is 27.3 Å². The molecule has 0 spiro atoms. The Bertz CT molecular complexity index is 1310. The first kappa shape index (κ1) is 17.4. The van der Waals surface area contributed by atoms with Gasteiger partial charge in [0.2, 0.25) is 5.78 Å². The van der Waals surface area contributed by atoms with Crippen LogP contribution in [-0.2, 0) is 0 Å². The molecular formula is C24H19N3O2. The van der Waals surface area contributed by atoms with Gasteiger partial charge in [-0.05, 0) is 43.7 Å². The van der Waals surface area contributed by atoms with Crippen LogP contribution < -0.4 is 10.1 Å². The summed E-state index contributed by atoms with van der Waals surface area (Å²) < 4.78 is 5.34. The van der Waals surface area contributed by atoms with E-state index in [2.05, 4.69) is 10.3 Å². The fourth-order valence-electron chi connectivity index (χ4n) is 4.01. The molecule has 0 amide bonds. The molecular weight excluding hydrogens is 362 g/mol. The third kappa shape index (κ3) is 2.66. The van der Waals surface area contributed by atoms with E-state index in [-0.39, 0.29) is 5.78 Å². The number of ether oxygens (including phenoxy) is 1. The van der Waals surface area contributed by atoms with Gasteiger partial charge >= 0.3 is 0 Å². The number of ketones is 1. The fraction of sp³-hybridized carbons (Fsp3) is 0.125. The number of rotatable bonds is 3. The molecule has 0 radical (unpaired) electrons. The average Bonchev–Trinajstić information content (AvgIpc) is 3.00. The molecule has 0 atom stereocenters. The number of hydrogen-bond donors (Lipinski definition) is 1. The Balaban J connectivity index is 1.80. The van der Waals surface area contributed by atoms with E-state index in [0.717, 1.165) is 44.8 Å². The van der Waals surface area contributed by atoms with Gasteiger partial charge < -0.3 is 10.1 Å². The topological polar surface area (TPSA) is 64.1 Å². The number of fused-ring (bicyclic) bond motifs is 4. The second-order valence-corrected chi connectivity index (χ2v) is 7.22. The van der Waals surface area contributed by atoms with Crippen LogP contribution in [0.3, 0.4) is 0 Å². The minimum absolute atomic E-state index is 0.0922. The first-order valence-corrected chi connectivity index (χ1v) is 9.44. The Kier molecular flexibility index (Phi) is 3.84. The van der Waals surface area contributed by atoms with Gasteiger partial charge in [-0.25, -0.2) is 9.97 Å². The third-order valence-electron chi connectivity index (χ3n) is 5.26. The maximum Gasteiger partial charge on any atom is 0.216 e. The summed E-state index contributed by atoms with van der Waals surface area (Å²) in [5, 5.41) is 4.35. The Labute approximate surface area is 168 Å². The van der Waals surface area contributed by atoms with Gasteiger partial charge in [-0.15, -0.1) is 0 Å². The molecule has 0 unspecified atom stereocenters. The van der Waals surface area contributed by atoms with Crippen LogP contribution in [0.5, 0.6) is 5.75 Å². The molecule has 0 fully saturated rings. The summed E-state index contributed by atoms with van der Waals surface area (Å²) in [6.45, 7) is 3.91. The smallest absolute Gasteiger partial charge is 0.216 e. The Hall–Kier alpha value is -3.73. The van der Waals surface area contributed by atoms with E-state index >= 15 is 0 Å². The maximum atomic E-state index is 13.4. The number of anilines is 2. The van der Waals surface area contributed by atoms with Crippen molar-refractivity contribution in [2.75, 3.05) is 12.4 Å². The number of carbonyl (C=O) groups excluding carboxylic acids is 1. The highest BCUT2D eigenvalue weighted by atomic mass is 16.5. The summed E-state index contributed by atoms with van der Waals surface area (Å²) >= 11 is 0. The molecule has 2 aromatic heterocycles. The maximum absolute atomic E-state index is 13.4. The predicted octanol–water partition coefficient (Wildman–Crippen LogP) is 5.21. The lowest BCUT2D eigenvalue weighted by molar-refractivity contribution is 0.103. The van der Waals surface area contributed by atoms with Crippen molar-refractivity contribution < 1.29 is 9.53 Å². The first-order chi connectivity index (χ1) is 14.1. The number of hydrogen-bond acceptors (Lipinski definition) is 5. The van der Waals surface area contributed by atoms with Gasteiger partial charge in [-0.1, -0.05) is 24.3 Å². The van der Waals surface area contributed by atoms with Crippen molar-refractivity contribution in [3.05, 3.63) is 77.1 Å². The third-order valence-corrected chi connectivity index (χ3v) is 5.26. The van der Waals surface area contributed by atoms with E-state index in [4.69, 9.17) is 9.72 Å². The molecule has 1 N–H and O–H groups in total. The van der Waals surface area contributed by atoms with Crippen molar-refractivity contribution in [1.82, 2.24) is 9.97 Å². The van der Waals surface area contributed by atoms with Crippen LogP contribution in [-0.4, -0.2) is 22.9 Å². The van der Waals surface area contributed by atoms with Crippen LogP contribution in [0.25, 0.3) is 22.2 Å². The zero-order valence-electron chi connectivity index (χ0n) is 16.4. The lowest BCUT2D eigenvalue weighted by Gasteiger charge is -2.15. The van der Waals surface area contributed by atoms with Crippen molar-refractivity contribution >= 4 is 28.1 Å². The minimum atomic E-state index is -0.0922. The summed E-state index contributed by atoms with van der Waals surface area (Å²) in [6.07, 6.45) is 0. The Morgan fingerprint density at radius 1 is 0.897 bits per heavy atom. The second-order valence-electron chi connectivity index (χ2n) is 7.22. The van der Waals surface area contributed by atoms with Crippen molar-refractivity contribution in [3.8, 4) is 17.0 Å². The number of carbonyl (C=O) groups is 1. The number of para-hydroxylation sites is 1. The predicted molar refractivity (Wildman–Crippen MR) is 114 cm³/mol. The minimum Gasteiger partial charge on any atom is -0.497 e. The second kappa shape index (κ2) is 6.41. The quantitative estimate of drug-likeness (QED) is 0.465. The largest absolute Gasteiger partial charge is 0.497 e. The summed E-state index contributed by atoms with van der Waals surface area (Å²) in [6, 6.07) is 17.5. The molecule has 0 saturated heterocycles. The van der Waals surface area contributed by atoms with Gasteiger partial charge in [0.25, 0.3) is 0 Å². The Morgan fingerprint density at radius 3 is 2.55 bits per heavy atom. The van der Waals surface area contributed by atoms with Crippen LogP contribution in [0.4, 0.5) is 11.4 Å². The Morgan fingerprint density at radius 2 is 1.72 bits per heavy atom. The SMILES string of the molecule is COc1cccc(Nc2c3c(nc4ccccc24)-c2c(C)cc(C)nc2C3=O)c1. The van der Waals surface area contributed by atoms with Crippen LogP contribution >= 0.6 is 0 Å². The molecule has 5 rings (SSSR count). The standard InChI is InChI=1S/C24H19N3O2/c1-13-11-14(2)25-23-19(13)22-20(24(23)28)21(17-9-4-5-10-18(17)27-22)26-15-7-6-8-16(12-15)29-3/h4-12H,1-3H3,(H,26,27). The van der Waals surface area contributed by atoms with Gasteiger partial charge in [0.1, 0.15) is 11.4 Å². The normalized spacial score (nSPS) is 12.0. The number of aromatic nitrogens is 2. The lowest BCUT2D eigenvalue weighted by atomic mass is 10.0. The number of methoxy groups -OCH3 is 1. The van der Waals surface area contributed by atoms with E-state index in [1.165, 1.54) is 0 Å². The highest BCUT2D eigenvalue weighted by Crippen LogP contribution is 2.44. The summed E-state index contributed by atoms with van der Waals surface area (Å²) in [5.74, 6) is 0.651. The van der Waals surface area contributed by atoms with E-state index in [0.29, 0.717) is 17.0 Å². The molecule has 5 heteroatoms. The summed E-state index contributed by atoms with van der Waals surface area (Å²) in [7, 11) is 1.63. The van der Waals surface area contributed by atoms with Crippen LogP contribution in [0.15, 0.2) is 54.6 Å². The van der Waals surface area contributed by atoms with Crippen molar-refractivity contribution in [3.63, 3.8) is 0 Å². The van der Waals surface area contributed by atoms with Crippen LogP contribution in [0, 0.1) is 13.8 Å². The zero-order valence-corrected chi connectivity index (χ0v) is 16.4. The van der Waals surface area contributed by atoms with Gasteiger partial charge in [-0.2, -0.15) is 0 Å². The highest BCUT2D eigenvalue weighted by Gasteiger charge is 2.35. The van der Waals surface area contributed by atoms with E-state index < -0.39 is 0 Å². The molecule has 4 aromatic rings. The molecule has 2 heterocycles. The highest BCUT2D eigenvalue weighted by molar-refractivity contribution is 6.26. The molecule has 0 saturated carbocycles. The fourth-order valence-corrected chi connectivity index (χ4v) is 4.01. The first-order valence-electron chi connectivity index (χ1n) is 9.44. The molecule has 1 aliphatic rings. The molecule has 1 aliphatic carbocycles. The van der Waals surface area contributed by atoms with Crippen molar-refractivity contribution in [2.45, 2.75) is 13.8 Å². The molecule has 2 aromatic carbocycles. The monoisotopic (exact) mass is 381 g/mol. The van der Waals surface area contributed by atoms with Gasteiger partial charge in [0.15, 0.2) is 0 Å². The van der Waals surface area contributed by atoms with Crippen LogP contribution in [0.2, 0.25) is 0 Å². The van der Waals surface area contributed by atoms with Crippen molar-refractivity contribution in [2.24, 2.45) is 0 Å². The molecule has 29 heavy (non-hydrogen) atoms. The van der Waals surface area contributed by atoms with E-state index in [1.807, 2.05) is 68.4 Å². The van der Waals surface area contributed by atoms with E-state index in [9.17, 15) is 4.79 Å². The van der Waals surface area contributed by atoms with Gasteiger partial charge in [0.05, 0.1) is 29.6 Å². The molecule has 0 aliphatic heterocycles.